The number of nitrogens with zero attached hydrogens (tertiary/aromatic N) is 3. The first-order valence-corrected chi connectivity index (χ1v) is 8.53. The number of rotatable bonds is 6. The fourth-order valence-electron chi connectivity index (χ4n) is 2.31. The van der Waals surface area contributed by atoms with E-state index in [-0.39, 0.29) is 11.7 Å². The molecule has 0 radical (unpaired) electrons. The average Bonchev–Trinajstić information content (AvgIpc) is 3.21. The molecule has 2 aromatic heterocycles. The van der Waals surface area contributed by atoms with E-state index in [9.17, 15) is 4.79 Å². The van der Waals surface area contributed by atoms with Gasteiger partial charge >= 0.3 is 0 Å². The number of amides is 1. The predicted octanol–water partition coefficient (Wildman–Crippen LogP) is 2.89. The molecule has 2 heterocycles. The van der Waals surface area contributed by atoms with Crippen LogP contribution in [0.3, 0.4) is 0 Å². The van der Waals surface area contributed by atoms with E-state index in [1.165, 1.54) is 11.8 Å². The van der Waals surface area contributed by atoms with Crippen LogP contribution in [-0.4, -0.2) is 26.4 Å². The van der Waals surface area contributed by atoms with E-state index in [0.29, 0.717) is 11.7 Å². The van der Waals surface area contributed by atoms with Crippen molar-refractivity contribution < 1.29 is 9.21 Å². The minimum Gasteiger partial charge on any atom is -0.467 e. The highest BCUT2D eigenvalue weighted by Gasteiger charge is 2.14. The van der Waals surface area contributed by atoms with E-state index in [2.05, 4.69) is 15.5 Å². The van der Waals surface area contributed by atoms with Gasteiger partial charge in [0, 0.05) is 0 Å². The van der Waals surface area contributed by atoms with E-state index >= 15 is 0 Å². The Morgan fingerprint density at radius 3 is 2.79 bits per heavy atom. The molecule has 0 aliphatic heterocycles. The van der Waals surface area contributed by atoms with E-state index in [0.717, 1.165) is 22.8 Å². The molecule has 0 unspecified atom stereocenters. The molecule has 0 aliphatic carbocycles. The number of nitrogens with one attached hydrogen (secondary N) is 1. The maximum atomic E-state index is 12.0. The van der Waals surface area contributed by atoms with Crippen LogP contribution in [0.5, 0.6) is 0 Å². The van der Waals surface area contributed by atoms with Gasteiger partial charge in [-0.25, -0.2) is 0 Å². The van der Waals surface area contributed by atoms with Gasteiger partial charge in [-0.3, -0.25) is 9.36 Å². The van der Waals surface area contributed by atoms with Crippen molar-refractivity contribution in [3.63, 3.8) is 0 Å². The summed E-state index contributed by atoms with van der Waals surface area (Å²) in [5.41, 5.74) is 2.16. The monoisotopic (exact) mass is 342 g/mol. The lowest BCUT2D eigenvalue weighted by Gasteiger charge is -2.11. The van der Waals surface area contributed by atoms with Gasteiger partial charge < -0.3 is 9.73 Å². The molecule has 0 fully saturated rings. The summed E-state index contributed by atoms with van der Waals surface area (Å²) in [6, 6.07) is 11.7. The van der Waals surface area contributed by atoms with Crippen LogP contribution in [0.1, 0.15) is 17.1 Å². The molecule has 1 N–H and O–H groups in total. The Bertz CT molecular complexity index is 827. The van der Waals surface area contributed by atoms with Gasteiger partial charge in [-0.15, -0.1) is 10.2 Å². The van der Waals surface area contributed by atoms with Crippen LogP contribution in [0, 0.1) is 13.8 Å². The number of aryl methyl sites for hydroxylation is 2. The second kappa shape index (κ2) is 7.35. The number of para-hydroxylation sites is 1. The average molecular weight is 342 g/mol. The molecular weight excluding hydrogens is 324 g/mol. The van der Waals surface area contributed by atoms with Crippen molar-refractivity contribution in [3.05, 3.63) is 59.8 Å². The van der Waals surface area contributed by atoms with Crippen molar-refractivity contribution >= 4 is 17.7 Å². The van der Waals surface area contributed by atoms with Crippen molar-refractivity contribution in [2.24, 2.45) is 0 Å². The normalized spacial score (nSPS) is 10.8. The number of thioether (sulfide) groups is 1. The highest BCUT2D eigenvalue weighted by atomic mass is 32.2. The summed E-state index contributed by atoms with van der Waals surface area (Å²) in [6.07, 6.45) is 1.59. The Kier molecular flexibility index (Phi) is 5.00. The molecule has 0 saturated carbocycles. The highest BCUT2D eigenvalue weighted by molar-refractivity contribution is 7.99. The minimum absolute atomic E-state index is 0.0756. The maximum Gasteiger partial charge on any atom is 0.230 e. The van der Waals surface area contributed by atoms with Crippen molar-refractivity contribution in [2.45, 2.75) is 25.5 Å². The van der Waals surface area contributed by atoms with Gasteiger partial charge in [-0.2, -0.15) is 0 Å². The Morgan fingerprint density at radius 1 is 1.21 bits per heavy atom. The molecule has 6 nitrogen and oxygen atoms in total. The summed E-state index contributed by atoms with van der Waals surface area (Å²) in [5, 5.41) is 11.9. The Balaban J connectivity index is 1.66. The predicted molar refractivity (Wildman–Crippen MR) is 92.1 cm³/mol. The lowest BCUT2D eigenvalue weighted by Crippen LogP contribution is -2.24. The summed E-state index contributed by atoms with van der Waals surface area (Å²) in [5.74, 6) is 1.72. The van der Waals surface area contributed by atoms with Crippen molar-refractivity contribution in [1.29, 1.82) is 0 Å². The first-order valence-electron chi connectivity index (χ1n) is 7.55. The van der Waals surface area contributed by atoms with Gasteiger partial charge in [0.05, 0.1) is 24.2 Å². The van der Waals surface area contributed by atoms with Gasteiger partial charge in [-0.05, 0) is 37.6 Å². The van der Waals surface area contributed by atoms with Gasteiger partial charge in [-0.1, -0.05) is 30.0 Å². The molecule has 0 spiro atoms. The molecule has 7 heteroatoms. The van der Waals surface area contributed by atoms with Crippen LogP contribution in [0.15, 0.2) is 52.2 Å². The number of aromatic nitrogens is 3. The van der Waals surface area contributed by atoms with Crippen molar-refractivity contribution in [2.75, 3.05) is 5.75 Å². The Labute approximate surface area is 144 Å². The zero-order valence-electron chi connectivity index (χ0n) is 13.5. The number of carbonyl (C=O) groups excluding carboxylic acids is 1. The van der Waals surface area contributed by atoms with E-state index in [1.807, 2.05) is 48.7 Å². The van der Waals surface area contributed by atoms with Crippen LogP contribution < -0.4 is 5.32 Å². The molecule has 24 heavy (non-hydrogen) atoms. The number of furan rings is 1. The third kappa shape index (κ3) is 3.68. The summed E-state index contributed by atoms with van der Waals surface area (Å²) >= 11 is 1.36. The lowest BCUT2D eigenvalue weighted by molar-refractivity contribution is -0.118. The van der Waals surface area contributed by atoms with E-state index in [4.69, 9.17) is 4.42 Å². The van der Waals surface area contributed by atoms with Crippen LogP contribution in [0.25, 0.3) is 5.69 Å². The Hall–Kier alpha value is -2.54. The highest BCUT2D eigenvalue weighted by Crippen LogP contribution is 2.23. The summed E-state index contributed by atoms with van der Waals surface area (Å²) in [4.78, 5) is 12.0. The van der Waals surface area contributed by atoms with Crippen LogP contribution in [0.2, 0.25) is 0 Å². The first-order chi connectivity index (χ1) is 11.6. The summed E-state index contributed by atoms with van der Waals surface area (Å²) < 4.78 is 7.16. The lowest BCUT2D eigenvalue weighted by atomic mass is 10.2. The smallest absolute Gasteiger partial charge is 0.230 e. The SMILES string of the molecule is Cc1ccccc1-n1c(C)nnc1SCC(=O)NCc1ccco1. The number of hydrogen-bond donors (Lipinski definition) is 1. The zero-order chi connectivity index (χ0) is 16.9. The Morgan fingerprint density at radius 2 is 2.04 bits per heavy atom. The molecule has 3 aromatic rings. The van der Waals surface area contributed by atoms with Gasteiger partial charge in [0.1, 0.15) is 11.6 Å². The van der Waals surface area contributed by atoms with E-state index < -0.39 is 0 Å². The molecule has 0 saturated heterocycles. The van der Waals surface area contributed by atoms with Crippen LogP contribution >= 0.6 is 11.8 Å². The molecule has 1 amide bonds. The number of benzene rings is 1. The van der Waals surface area contributed by atoms with Crippen molar-refractivity contribution in [3.8, 4) is 5.69 Å². The van der Waals surface area contributed by atoms with Crippen molar-refractivity contribution in [1.82, 2.24) is 20.1 Å². The van der Waals surface area contributed by atoms with Gasteiger partial charge in [0.2, 0.25) is 5.91 Å². The largest absolute Gasteiger partial charge is 0.467 e. The third-order valence-electron chi connectivity index (χ3n) is 3.52. The fourth-order valence-corrected chi connectivity index (χ4v) is 3.13. The zero-order valence-corrected chi connectivity index (χ0v) is 14.3. The van der Waals surface area contributed by atoms with Gasteiger partial charge in [0.25, 0.3) is 0 Å². The first kappa shape index (κ1) is 16.3. The molecule has 0 atom stereocenters. The minimum atomic E-state index is -0.0756. The quantitative estimate of drug-likeness (QED) is 0.697. The van der Waals surface area contributed by atoms with E-state index in [1.54, 1.807) is 12.3 Å². The molecule has 3 rings (SSSR count). The molecular formula is C17H18N4O2S. The van der Waals surface area contributed by atoms with Crippen LogP contribution in [0.4, 0.5) is 0 Å². The second-order valence-electron chi connectivity index (χ2n) is 5.30. The molecule has 124 valence electrons. The number of hydrogen-bond acceptors (Lipinski definition) is 5. The van der Waals surface area contributed by atoms with Gasteiger partial charge in [0.15, 0.2) is 5.16 Å². The third-order valence-corrected chi connectivity index (χ3v) is 4.45. The van der Waals surface area contributed by atoms with Crippen LogP contribution in [-0.2, 0) is 11.3 Å². The summed E-state index contributed by atoms with van der Waals surface area (Å²) in [6.45, 7) is 4.33. The standard InChI is InChI=1S/C17H18N4O2S/c1-12-6-3-4-8-15(12)21-13(2)19-20-17(21)24-11-16(22)18-10-14-7-5-9-23-14/h3-9H,10-11H2,1-2H3,(H,18,22). The maximum absolute atomic E-state index is 12.0. The molecule has 0 aliphatic rings. The topological polar surface area (TPSA) is 73.0 Å². The molecule has 1 aromatic carbocycles. The number of carbonyl (C=O) groups is 1. The fraction of sp³-hybridized carbons (Fsp3) is 0.235. The summed E-state index contributed by atoms with van der Waals surface area (Å²) in [7, 11) is 0. The molecule has 0 bridgehead atoms. The second-order valence-corrected chi connectivity index (χ2v) is 6.24.